The molecule has 2 atom stereocenters. The van der Waals surface area contributed by atoms with Gasteiger partial charge in [-0.05, 0) is 37.3 Å². The summed E-state index contributed by atoms with van der Waals surface area (Å²) in [7, 11) is 2.19. The van der Waals surface area contributed by atoms with Crippen molar-refractivity contribution in [2.45, 2.75) is 32.4 Å². The molecule has 12 heteroatoms. The Hall–Kier alpha value is -2.78. The Labute approximate surface area is 163 Å². The molecule has 4 N–H and O–H groups in total. The van der Waals surface area contributed by atoms with Crippen molar-refractivity contribution in [3.8, 4) is 0 Å². The molecule has 3 aromatic heterocycles. The minimum absolute atomic E-state index is 0.255. The molecule has 3 rings (SSSR count). The highest BCUT2D eigenvalue weighted by Crippen LogP contribution is 2.32. The maximum atomic E-state index is 12.0. The fourth-order valence-electron chi connectivity index (χ4n) is 2.69. The molecule has 11 nitrogen and oxygen atoms in total. The smallest absolute Gasteiger partial charge is 0.407 e. The molecule has 0 fully saturated rings. The van der Waals surface area contributed by atoms with Gasteiger partial charge >= 0.3 is 6.09 Å². The van der Waals surface area contributed by atoms with E-state index in [-0.39, 0.29) is 12.6 Å². The van der Waals surface area contributed by atoms with Crippen molar-refractivity contribution in [2.75, 3.05) is 24.2 Å². The number of amides is 1. The van der Waals surface area contributed by atoms with E-state index < -0.39 is 11.7 Å². The van der Waals surface area contributed by atoms with Crippen LogP contribution in [0.4, 0.5) is 16.2 Å². The topological polar surface area (TPSA) is 142 Å². The zero-order valence-electron chi connectivity index (χ0n) is 15.8. The molecule has 1 amide bonds. The van der Waals surface area contributed by atoms with Crippen molar-refractivity contribution < 1.29 is 14.1 Å². The number of anilines is 2. The van der Waals surface area contributed by atoms with Crippen LogP contribution in [0.3, 0.4) is 0 Å². The van der Waals surface area contributed by atoms with E-state index in [1.165, 1.54) is 4.52 Å². The summed E-state index contributed by atoms with van der Waals surface area (Å²) in [6.07, 6.45) is 2.80. The van der Waals surface area contributed by atoms with E-state index in [1.807, 2.05) is 6.07 Å². The summed E-state index contributed by atoms with van der Waals surface area (Å²) in [5.41, 5.74) is 7.86. The lowest BCUT2D eigenvalue weighted by atomic mass is 10.1. The average molecular weight is 406 g/mol. The Morgan fingerprint density at radius 1 is 1.43 bits per heavy atom. The molecule has 0 saturated carbocycles. The van der Waals surface area contributed by atoms with Crippen molar-refractivity contribution in [1.29, 1.82) is 0 Å². The van der Waals surface area contributed by atoms with E-state index >= 15 is 0 Å². The molecular weight excluding hydrogens is 383 g/mol. The second kappa shape index (κ2) is 8.07. The number of alkyl carbamates (subject to hydrolysis) is 1. The maximum absolute atomic E-state index is 12.0. The number of carbonyl (C=O) groups excluding carboxylic acids is 1. The van der Waals surface area contributed by atoms with Gasteiger partial charge < -0.3 is 25.6 Å². The number of nitrogens with two attached hydrogens (primary N) is 1. The van der Waals surface area contributed by atoms with Crippen LogP contribution in [0.15, 0.2) is 18.5 Å². The van der Waals surface area contributed by atoms with Gasteiger partial charge in [0.05, 0.1) is 30.0 Å². The molecular formula is C16H23N8O3P. The minimum atomic E-state index is -0.580. The van der Waals surface area contributed by atoms with Crippen LogP contribution >= 0.6 is 9.47 Å². The van der Waals surface area contributed by atoms with Gasteiger partial charge in [0.1, 0.15) is 11.3 Å². The third-order valence-electron chi connectivity index (χ3n) is 3.81. The van der Waals surface area contributed by atoms with Gasteiger partial charge in [0.25, 0.3) is 0 Å². The van der Waals surface area contributed by atoms with E-state index in [1.54, 1.807) is 33.2 Å². The fraction of sp³-hybridized carbons (Fsp3) is 0.438. The Balaban J connectivity index is 1.87. The number of nitrogens with zero attached hydrogens (tertiary/aromatic N) is 5. The van der Waals surface area contributed by atoms with E-state index in [0.717, 1.165) is 5.39 Å². The van der Waals surface area contributed by atoms with Gasteiger partial charge in [-0.3, -0.25) is 4.98 Å². The molecule has 0 aromatic carbocycles. The van der Waals surface area contributed by atoms with Gasteiger partial charge in [-0.2, -0.15) is 4.52 Å². The number of aromatic nitrogens is 5. The summed E-state index contributed by atoms with van der Waals surface area (Å²) < 4.78 is 12.0. The van der Waals surface area contributed by atoms with Crippen LogP contribution in [0.2, 0.25) is 0 Å². The second-order valence-corrected chi connectivity index (χ2v) is 7.49. The summed E-state index contributed by atoms with van der Waals surface area (Å²) in [6.45, 7) is 5.96. The molecule has 28 heavy (non-hydrogen) atoms. The first-order valence-corrected chi connectivity index (χ1v) is 9.05. The van der Waals surface area contributed by atoms with E-state index in [4.69, 9.17) is 15.0 Å². The molecule has 0 aliphatic carbocycles. The SMILES string of the molecule is CC(C)(C)OC(=O)NCC(COP)Nc1c(N)c2nnnn2c2cnccc12. The number of nitrogen functional groups attached to an aromatic ring is 1. The monoisotopic (exact) mass is 406 g/mol. The van der Waals surface area contributed by atoms with E-state index in [0.29, 0.717) is 29.1 Å². The standard InChI is InChI=1S/C16H23N8O3P/c1-16(2,3)27-15(25)19-6-9(8-26-28)20-13-10-4-5-18-7-11(10)24-14(12(13)17)21-22-23-24/h4-5,7,9,20H,6,8,17,28H2,1-3H3,(H,19,25). The third-order valence-corrected chi connectivity index (χ3v) is 4.01. The first-order valence-electron chi connectivity index (χ1n) is 8.58. The van der Waals surface area contributed by atoms with Crippen molar-refractivity contribution >= 4 is 43.5 Å². The lowest BCUT2D eigenvalue weighted by Crippen LogP contribution is -2.41. The number of rotatable bonds is 6. The quantitative estimate of drug-likeness (QED) is 0.517. The highest BCUT2D eigenvalue weighted by Gasteiger charge is 2.20. The Morgan fingerprint density at radius 3 is 2.93 bits per heavy atom. The molecule has 2 unspecified atom stereocenters. The van der Waals surface area contributed by atoms with Crippen molar-refractivity contribution in [3.05, 3.63) is 18.5 Å². The summed E-state index contributed by atoms with van der Waals surface area (Å²) in [5.74, 6) is 0. The fourth-order valence-corrected chi connectivity index (χ4v) is 2.92. The van der Waals surface area contributed by atoms with Crippen LogP contribution in [0.1, 0.15) is 20.8 Å². The molecule has 0 bridgehead atoms. The predicted molar refractivity (Wildman–Crippen MR) is 108 cm³/mol. The number of pyridine rings is 2. The number of hydrogen-bond donors (Lipinski definition) is 3. The summed E-state index contributed by atoms with van der Waals surface area (Å²) in [5, 5.41) is 18.5. The van der Waals surface area contributed by atoms with Crippen LogP contribution in [0.5, 0.6) is 0 Å². The number of hydrogen-bond acceptors (Lipinski definition) is 9. The maximum Gasteiger partial charge on any atom is 0.407 e. The normalized spacial score (nSPS) is 12.9. The first kappa shape index (κ1) is 20.0. The number of nitrogens with one attached hydrogen (secondary N) is 2. The third kappa shape index (κ3) is 4.37. The van der Waals surface area contributed by atoms with Crippen LogP contribution in [-0.4, -0.2) is 55.9 Å². The highest BCUT2D eigenvalue weighted by molar-refractivity contribution is 7.09. The second-order valence-electron chi connectivity index (χ2n) is 7.15. The summed E-state index contributed by atoms with van der Waals surface area (Å²) in [6, 6.07) is 1.52. The molecule has 3 aromatic rings. The van der Waals surface area contributed by atoms with Crippen LogP contribution in [-0.2, 0) is 9.26 Å². The Bertz CT molecular complexity index is 987. The van der Waals surface area contributed by atoms with Gasteiger partial charge in [-0.15, -0.1) is 5.10 Å². The number of fused-ring (bicyclic) bond motifs is 3. The summed E-state index contributed by atoms with van der Waals surface area (Å²) in [4.78, 5) is 16.1. The Kier molecular flexibility index (Phi) is 5.76. The lowest BCUT2D eigenvalue weighted by molar-refractivity contribution is 0.0524. The first-order chi connectivity index (χ1) is 13.3. The predicted octanol–water partition coefficient (Wildman–Crippen LogP) is 1.37. The van der Waals surface area contributed by atoms with Gasteiger partial charge in [-0.1, -0.05) is 0 Å². The van der Waals surface area contributed by atoms with E-state index in [2.05, 4.69) is 40.6 Å². The molecule has 0 saturated heterocycles. The Morgan fingerprint density at radius 2 is 2.21 bits per heavy atom. The van der Waals surface area contributed by atoms with Gasteiger partial charge in [-0.25, -0.2) is 4.79 Å². The molecule has 0 aliphatic heterocycles. The number of carbonyl (C=O) groups is 1. The largest absolute Gasteiger partial charge is 0.444 e. The van der Waals surface area contributed by atoms with Crippen molar-refractivity contribution in [1.82, 2.24) is 30.3 Å². The molecule has 0 aliphatic rings. The van der Waals surface area contributed by atoms with Crippen molar-refractivity contribution in [2.24, 2.45) is 0 Å². The highest BCUT2D eigenvalue weighted by atomic mass is 31.0. The van der Waals surface area contributed by atoms with Crippen LogP contribution in [0.25, 0.3) is 16.6 Å². The summed E-state index contributed by atoms with van der Waals surface area (Å²) >= 11 is 0. The van der Waals surface area contributed by atoms with Gasteiger partial charge in [0.2, 0.25) is 5.65 Å². The average Bonchev–Trinajstić information content (AvgIpc) is 3.12. The minimum Gasteiger partial charge on any atom is -0.444 e. The zero-order valence-corrected chi connectivity index (χ0v) is 17.0. The zero-order chi connectivity index (χ0) is 20.3. The molecule has 0 radical (unpaired) electrons. The molecule has 150 valence electrons. The van der Waals surface area contributed by atoms with Crippen molar-refractivity contribution in [3.63, 3.8) is 0 Å². The lowest BCUT2D eigenvalue weighted by Gasteiger charge is -2.24. The number of ether oxygens (including phenoxy) is 1. The van der Waals surface area contributed by atoms with Gasteiger partial charge in [0, 0.05) is 27.6 Å². The van der Waals surface area contributed by atoms with Crippen LogP contribution < -0.4 is 16.4 Å². The van der Waals surface area contributed by atoms with Gasteiger partial charge in [0.15, 0.2) is 0 Å². The van der Waals surface area contributed by atoms with Crippen LogP contribution in [0, 0.1) is 0 Å². The molecule has 0 spiro atoms. The molecule has 3 heterocycles. The number of tetrazole rings is 1. The van der Waals surface area contributed by atoms with E-state index in [9.17, 15) is 4.79 Å².